The Bertz CT molecular complexity index is 166. The molecule has 13 heavy (non-hydrogen) atoms. The molecule has 0 aliphatic carbocycles. The molecule has 1 heteroatoms. The maximum atomic E-state index is 8.31. The van der Waals surface area contributed by atoms with Crippen LogP contribution in [0.5, 0.6) is 0 Å². The molecule has 1 N–H and O–H groups in total. The molecule has 0 aromatic rings. The van der Waals surface area contributed by atoms with Gasteiger partial charge in [0, 0.05) is 0 Å². The van der Waals surface area contributed by atoms with Gasteiger partial charge in [0.2, 0.25) is 0 Å². The minimum absolute atomic E-state index is 1.03. The minimum Gasteiger partial charge on any atom is -0.516 e. The van der Waals surface area contributed by atoms with E-state index in [1.54, 1.807) is 6.08 Å². The SMILES string of the molecule is CCCCCC/C=C/C=C/C=C/O. The third kappa shape index (κ3) is 11.0. The van der Waals surface area contributed by atoms with E-state index in [2.05, 4.69) is 13.0 Å². The van der Waals surface area contributed by atoms with E-state index in [9.17, 15) is 0 Å². The maximum Gasteiger partial charge on any atom is 0.0791 e. The molecule has 0 atom stereocenters. The molecular formula is C12H20O. The Morgan fingerprint density at radius 3 is 2.38 bits per heavy atom. The van der Waals surface area contributed by atoms with Crippen molar-refractivity contribution in [2.24, 2.45) is 0 Å². The summed E-state index contributed by atoms with van der Waals surface area (Å²) in [5, 5.41) is 8.31. The van der Waals surface area contributed by atoms with Crippen molar-refractivity contribution in [1.29, 1.82) is 0 Å². The third-order valence-electron chi connectivity index (χ3n) is 1.78. The lowest BCUT2D eigenvalue weighted by atomic mass is 10.1. The molecule has 0 aromatic carbocycles. The number of rotatable bonds is 7. The van der Waals surface area contributed by atoms with Gasteiger partial charge in [0.25, 0.3) is 0 Å². The smallest absolute Gasteiger partial charge is 0.0791 e. The molecule has 74 valence electrons. The van der Waals surface area contributed by atoms with Crippen molar-refractivity contribution in [2.75, 3.05) is 0 Å². The summed E-state index contributed by atoms with van der Waals surface area (Å²) in [6, 6.07) is 0. The van der Waals surface area contributed by atoms with Crippen LogP contribution < -0.4 is 0 Å². The van der Waals surface area contributed by atoms with E-state index in [1.165, 1.54) is 25.7 Å². The second kappa shape index (κ2) is 11.0. The molecule has 0 spiro atoms. The normalized spacial score (nSPS) is 12.4. The van der Waals surface area contributed by atoms with Crippen LogP contribution in [0.3, 0.4) is 0 Å². The van der Waals surface area contributed by atoms with Gasteiger partial charge in [0.15, 0.2) is 0 Å². The lowest BCUT2D eigenvalue weighted by Crippen LogP contribution is -1.72. The van der Waals surface area contributed by atoms with Crippen molar-refractivity contribution >= 4 is 0 Å². The first-order valence-electron chi connectivity index (χ1n) is 5.04. The summed E-state index contributed by atoms with van der Waals surface area (Å²) in [5.74, 6) is 0. The second-order valence-electron chi connectivity index (χ2n) is 3.00. The van der Waals surface area contributed by atoms with Crippen LogP contribution >= 0.6 is 0 Å². The largest absolute Gasteiger partial charge is 0.516 e. The van der Waals surface area contributed by atoms with Gasteiger partial charge in [-0.25, -0.2) is 0 Å². The zero-order chi connectivity index (χ0) is 9.78. The van der Waals surface area contributed by atoms with Crippen molar-refractivity contribution in [3.63, 3.8) is 0 Å². The molecule has 0 saturated carbocycles. The second-order valence-corrected chi connectivity index (χ2v) is 3.00. The van der Waals surface area contributed by atoms with Crippen LogP contribution in [0.4, 0.5) is 0 Å². The zero-order valence-corrected chi connectivity index (χ0v) is 8.45. The van der Waals surface area contributed by atoms with E-state index >= 15 is 0 Å². The molecule has 0 fully saturated rings. The van der Waals surface area contributed by atoms with Gasteiger partial charge < -0.3 is 5.11 Å². The summed E-state index contributed by atoms with van der Waals surface area (Å²) in [5.41, 5.74) is 0. The molecule has 0 rings (SSSR count). The summed E-state index contributed by atoms with van der Waals surface area (Å²) in [6.07, 6.45) is 17.0. The lowest BCUT2D eigenvalue weighted by molar-refractivity contribution is 0.474. The van der Waals surface area contributed by atoms with Crippen LogP contribution in [0.25, 0.3) is 0 Å². The highest BCUT2D eigenvalue weighted by Crippen LogP contribution is 2.02. The van der Waals surface area contributed by atoms with Crippen molar-refractivity contribution in [2.45, 2.75) is 39.0 Å². The van der Waals surface area contributed by atoms with Gasteiger partial charge in [-0.05, 0) is 18.9 Å². The van der Waals surface area contributed by atoms with Crippen LogP contribution in [0.2, 0.25) is 0 Å². The fourth-order valence-electron chi connectivity index (χ4n) is 1.04. The van der Waals surface area contributed by atoms with Crippen molar-refractivity contribution in [1.82, 2.24) is 0 Å². The fraction of sp³-hybridized carbons (Fsp3) is 0.500. The molecular weight excluding hydrogens is 160 g/mol. The highest BCUT2D eigenvalue weighted by atomic mass is 16.2. The van der Waals surface area contributed by atoms with Gasteiger partial charge in [0.1, 0.15) is 0 Å². The van der Waals surface area contributed by atoms with Crippen LogP contribution in [-0.4, -0.2) is 5.11 Å². The van der Waals surface area contributed by atoms with Gasteiger partial charge in [0.05, 0.1) is 6.26 Å². The van der Waals surface area contributed by atoms with Gasteiger partial charge in [-0.3, -0.25) is 0 Å². The first-order valence-corrected chi connectivity index (χ1v) is 5.04. The van der Waals surface area contributed by atoms with Crippen molar-refractivity contribution in [3.05, 3.63) is 36.6 Å². The van der Waals surface area contributed by atoms with Gasteiger partial charge in [-0.1, -0.05) is 50.5 Å². The third-order valence-corrected chi connectivity index (χ3v) is 1.78. The molecule has 0 aliphatic rings. The zero-order valence-electron chi connectivity index (χ0n) is 8.45. The topological polar surface area (TPSA) is 20.2 Å². The molecule has 0 aliphatic heterocycles. The molecule has 0 heterocycles. The minimum atomic E-state index is 1.03. The highest BCUT2D eigenvalue weighted by molar-refractivity contribution is 5.09. The van der Waals surface area contributed by atoms with Crippen LogP contribution in [0.15, 0.2) is 36.6 Å². The van der Waals surface area contributed by atoms with E-state index < -0.39 is 0 Å². The highest BCUT2D eigenvalue weighted by Gasteiger charge is 1.82. The number of allylic oxidation sites excluding steroid dienone is 5. The van der Waals surface area contributed by atoms with Gasteiger partial charge in [-0.15, -0.1) is 0 Å². The molecule has 0 amide bonds. The molecule has 0 bridgehead atoms. The van der Waals surface area contributed by atoms with E-state index in [0.717, 1.165) is 12.7 Å². The van der Waals surface area contributed by atoms with Crippen LogP contribution in [0, 0.1) is 0 Å². The summed E-state index contributed by atoms with van der Waals surface area (Å²) >= 11 is 0. The standard InChI is InChI=1S/C12H20O/c1-2-3-4-5-6-7-8-9-10-11-12-13/h7-13H,2-6H2,1H3/b8-7+,10-9+,12-11+. The summed E-state index contributed by atoms with van der Waals surface area (Å²) in [7, 11) is 0. The van der Waals surface area contributed by atoms with Crippen molar-refractivity contribution in [3.8, 4) is 0 Å². The predicted octanol–water partition coefficient (Wildman–Crippen LogP) is 4.14. The first kappa shape index (κ1) is 12.0. The van der Waals surface area contributed by atoms with Gasteiger partial charge >= 0.3 is 0 Å². The Morgan fingerprint density at radius 1 is 0.923 bits per heavy atom. The van der Waals surface area contributed by atoms with Gasteiger partial charge in [-0.2, -0.15) is 0 Å². The Hall–Kier alpha value is -0.980. The van der Waals surface area contributed by atoms with Crippen molar-refractivity contribution < 1.29 is 5.11 Å². The lowest BCUT2D eigenvalue weighted by Gasteiger charge is -1.92. The Labute approximate surface area is 81.5 Å². The summed E-state index contributed by atoms with van der Waals surface area (Å²) in [4.78, 5) is 0. The Morgan fingerprint density at radius 2 is 1.69 bits per heavy atom. The quantitative estimate of drug-likeness (QED) is 0.354. The number of hydrogen-bond donors (Lipinski definition) is 1. The number of unbranched alkanes of at least 4 members (excludes halogenated alkanes) is 4. The average molecular weight is 180 g/mol. The molecule has 0 radical (unpaired) electrons. The number of aliphatic hydroxyl groups is 1. The summed E-state index contributed by atoms with van der Waals surface area (Å²) in [6.45, 7) is 2.22. The molecule has 1 nitrogen and oxygen atoms in total. The predicted molar refractivity (Wildman–Crippen MR) is 58.8 cm³/mol. The molecule has 0 saturated heterocycles. The average Bonchev–Trinajstić information content (AvgIpc) is 2.16. The Balaban J connectivity index is 3.21. The molecule has 0 aromatic heterocycles. The van der Waals surface area contributed by atoms with E-state index in [0.29, 0.717) is 0 Å². The molecule has 0 unspecified atom stereocenters. The maximum absolute atomic E-state index is 8.31. The Kier molecular flexibility index (Phi) is 10.2. The van der Waals surface area contributed by atoms with Crippen LogP contribution in [0.1, 0.15) is 39.0 Å². The fourth-order valence-corrected chi connectivity index (χ4v) is 1.04. The van der Waals surface area contributed by atoms with E-state index in [1.807, 2.05) is 18.2 Å². The van der Waals surface area contributed by atoms with Crippen LogP contribution in [-0.2, 0) is 0 Å². The number of hydrogen-bond acceptors (Lipinski definition) is 1. The monoisotopic (exact) mass is 180 g/mol. The van der Waals surface area contributed by atoms with E-state index in [4.69, 9.17) is 5.11 Å². The number of aliphatic hydroxyl groups excluding tert-OH is 1. The van der Waals surface area contributed by atoms with E-state index in [-0.39, 0.29) is 0 Å². The summed E-state index contributed by atoms with van der Waals surface area (Å²) < 4.78 is 0. The first-order chi connectivity index (χ1) is 6.41.